The van der Waals surface area contributed by atoms with Crippen molar-refractivity contribution in [3.8, 4) is 23.2 Å². The fourth-order valence-electron chi connectivity index (χ4n) is 4.30. The summed E-state index contributed by atoms with van der Waals surface area (Å²) in [4.78, 5) is 31.6. The minimum absolute atomic E-state index is 0.0415. The van der Waals surface area contributed by atoms with Crippen molar-refractivity contribution in [2.24, 2.45) is 4.99 Å². The van der Waals surface area contributed by atoms with Gasteiger partial charge in [0, 0.05) is 14.1 Å². The number of phenolic OH excluding ortho intramolecular Hbond substituents is 1. The number of anilines is 2. The summed E-state index contributed by atoms with van der Waals surface area (Å²) in [5, 5.41) is 39.3. The third-order valence-corrected chi connectivity index (χ3v) is 6.53. The summed E-state index contributed by atoms with van der Waals surface area (Å²) in [7, 11) is 3.13. The van der Waals surface area contributed by atoms with Crippen LogP contribution in [-0.4, -0.2) is 56.4 Å². The maximum absolute atomic E-state index is 13.2. The van der Waals surface area contributed by atoms with Gasteiger partial charge in [0.15, 0.2) is 11.4 Å². The molecule has 1 unspecified atom stereocenters. The number of para-hydroxylation sites is 2. The Morgan fingerprint density at radius 3 is 2.15 bits per heavy atom. The summed E-state index contributed by atoms with van der Waals surface area (Å²) >= 11 is 0. The molecule has 0 spiro atoms. The topological polar surface area (TPSA) is 139 Å². The van der Waals surface area contributed by atoms with E-state index in [1.165, 1.54) is 21.6 Å². The number of nitrogens with zero attached hydrogens (tertiary/aromatic N) is 3. The number of hydrogen-bond acceptors (Lipinski definition) is 7. The molecule has 2 amide bonds. The van der Waals surface area contributed by atoms with E-state index in [4.69, 9.17) is 0 Å². The van der Waals surface area contributed by atoms with Crippen molar-refractivity contribution in [3.05, 3.63) is 90.0 Å². The van der Waals surface area contributed by atoms with Gasteiger partial charge in [0.1, 0.15) is 11.4 Å². The molecular formula is C31H33N5O5. The number of aromatic nitrogens is 1. The van der Waals surface area contributed by atoms with Gasteiger partial charge in [-0.25, -0.2) is 9.56 Å². The van der Waals surface area contributed by atoms with E-state index < -0.39 is 23.6 Å². The molecule has 3 aromatic carbocycles. The van der Waals surface area contributed by atoms with Crippen LogP contribution in [0, 0.1) is 0 Å². The van der Waals surface area contributed by atoms with E-state index in [1.54, 1.807) is 57.4 Å². The maximum atomic E-state index is 13.2. The highest BCUT2D eigenvalue weighted by Crippen LogP contribution is 2.49. The van der Waals surface area contributed by atoms with Crippen molar-refractivity contribution in [1.82, 2.24) is 14.8 Å². The molecule has 0 radical (unpaired) electrons. The Bertz CT molecular complexity index is 1580. The number of aromatic hydroxyl groups is 3. The van der Waals surface area contributed by atoms with E-state index >= 15 is 0 Å². The molecule has 0 bridgehead atoms. The summed E-state index contributed by atoms with van der Waals surface area (Å²) in [6.07, 6.45) is 0.224. The Morgan fingerprint density at radius 1 is 0.902 bits per heavy atom. The lowest BCUT2D eigenvalue weighted by Crippen LogP contribution is -2.32. The highest BCUT2D eigenvalue weighted by atomic mass is 16.3. The summed E-state index contributed by atoms with van der Waals surface area (Å²) in [6.45, 7) is 3.61. The van der Waals surface area contributed by atoms with Crippen molar-refractivity contribution in [2.75, 3.05) is 19.4 Å². The minimum atomic E-state index is -0.442. The largest absolute Gasteiger partial charge is 0.505 e. The van der Waals surface area contributed by atoms with Crippen molar-refractivity contribution in [3.63, 3.8) is 0 Å². The second kappa shape index (κ2) is 12.3. The van der Waals surface area contributed by atoms with E-state index in [9.17, 15) is 24.9 Å². The van der Waals surface area contributed by atoms with Crippen LogP contribution in [0.4, 0.5) is 17.1 Å². The Hall–Kier alpha value is -5.25. The zero-order valence-electron chi connectivity index (χ0n) is 23.3. The van der Waals surface area contributed by atoms with Crippen molar-refractivity contribution >= 4 is 34.6 Å². The third kappa shape index (κ3) is 6.01. The summed E-state index contributed by atoms with van der Waals surface area (Å²) in [5.74, 6) is -2.05. The number of carbonyl (C=O) groups excluding carboxylic acids is 2. The number of hydrogen-bond donors (Lipinski definition) is 5. The molecule has 0 saturated heterocycles. The fourth-order valence-corrected chi connectivity index (χ4v) is 4.30. The second-order valence-corrected chi connectivity index (χ2v) is 9.59. The molecular weight excluding hydrogens is 522 g/mol. The normalized spacial score (nSPS) is 12.0. The van der Waals surface area contributed by atoms with E-state index in [-0.39, 0.29) is 46.5 Å². The van der Waals surface area contributed by atoms with Crippen molar-refractivity contribution in [1.29, 1.82) is 0 Å². The molecule has 10 heteroatoms. The SMILES string of the molecule is CCC(=Nc1c(Nc2cccc(C(=O)N(C)C)c2O)c(O)n(-c2ccccc2)c1O)C(=O)NC(C)c1ccccc1. The molecule has 4 aromatic rings. The number of benzene rings is 3. The van der Waals surface area contributed by atoms with Crippen LogP contribution in [0.3, 0.4) is 0 Å². The van der Waals surface area contributed by atoms with E-state index in [0.717, 1.165) is 5.56 Å². The van der Waals surface area contributed by atoms with Gasteiger partial charge in [0.25, 0.3) is 11.8 Å². The highest BCUT2D eigenvalue weighted by Gasteiger charge is 2.27. The molecule has 4 rings (SSSR count). The smallest absolute Gasteiger partial charge is 0.266 e. The first kappa shape index (κ1) is 28.8. The number of rotatable bonds is 9. The Balaban J connectivity index is 1.81. The molecule has 212 valence electrons. The standard InChI is InChI=1S/C31H33N5O5/c1-5-23(28(38)32-19(2)20-13-8-6-9-14-20)33-25-26(31(41)36(30(25)40)21-15-10-7-11-16-21)34-24-18-12-17-22(27(24)37)29(39)35(3)4/h6-19,34,37,40-41H,5H2,1-4H3,(H,32,38). The predicted molar refractivity (Wildman–Crippen MR) is 159 cm³/mol. The van der Waals surface area contributed by atoms with Crippen molar-refractivity contribution < 1.29 is 24.9 Å². The monoisotopic (exact) mass is 555 g/mol. The lowest BCUT2D eigenvalue weighted by molar-refractivity contribution is -0.115. The van der Waals surface area contributed by atoms with Crippen molar-refractivity contribution in [2.45, 2.75) is 26.3 Å². The Kier molecular flexibility index (Phi) is 8.62. The average Bonchev–Trinajstić information content (AvgIpc) is 3.20. The number of nitrogens with one attached hydrogen (secondary N) is 2. The van der Waals surface area contributed by atoms with Crippen LogP contribution < -0.4 is 10.6 Å². The van der Waals surface area contributed by atoms with Gasteiger partial charge in [0.05, 0.1) is 23.0 Å². The van der Waals surface area contributed by atoms with Gasteiger partial charge in [-0.15, -0.1) is 0 Å². The summed E-state index contributed by atoms with van der Waals surface area (Å²) < 4.78 is 1.17. The molecule has 0 aliphatic carbocycles. The first-order valence-electron chi connectivity index (χ1n) is 13.1. The van der Waals surface area contributed by atoms with Crippen LogP contribution in [0.5, 0.6) is 17.5 Å². The summed E-state index contributed by atoms with van der Waals surface area (Å²) in [5.41, 5.74) is 1.41. The highest BCUT2D eigenvalue weighted by molar-refractivity contribution is 6.39. The van der Waals surface area contributed by atoms with Crippen LogP contribution in [0.25, 0.3) is 5.69 Å². The lowest BCUT2D eigenvalue weighted by atomic mass is 10.1. The quantitative estimate of drug-likeness (QED) is 0.138. The molecule has 41 heavy (non-hydrogen) atoms. The van der Waals surface area contributed by atoms with E-state index in [0.29, 0.717) is 5.69 Å². The van der Waals surface area contributed by atoms with E-state index in [1.807, 2.05) is 37.3 Å². The van der Waals surface area contributed by atoms with Crippen LogP contribution in [0.1, 0.15) is 42.2 Å². The molecule has 1 atom stereocenters. The van der Waals surface area contributed by atoms with Gasteiger partial charge in [-0.3, -0.25) is 9.59 Å². The van der Waals surface area contributed by atoms with Gasteiger partial charge in [0.2, 0.25) is 11.8 Å². The summed E-state index contributed by atoms with van der Waals surface area (Å²) in [6, 6.07) is 22.3. The molecule has 0 aliphatic heterocycles. The Labute approximate surface area is 238 Å². The first-order chi connectivity index (χ1) is 19.6. The fraction of sp³-hybridized carbons (Fsp3) is 0.194. The van der Waals surface area contributed by atoms with E-state index in [2.05, 4.69) is 15.6 Å². The maximum Gasteiger partial charge on any atom is 0.266 e. The first-order valence-corrected chi connectivity index (χ1v) is 13.1. The number of carbonyl (C=O) groups is 2. The lowest BCUT2D eigenvalue weighted by Gasteiger charge is -2.16. The predicted octanol–water partition coefficient (Wildman–Crippen LogP) is 5.40. The number of phenols is 1. The van der Waals surface area contributed by atoms with Gasteiger partial charge in [-0.2, -0.15) is 0 Å². The van der Waals surface area contributed by atoms with Gasteiger partial charge in [-0.05, 0) is 43.2 Å². The zero-order chi connectivity index (χ0) is 29.7. The minimum Gasteiger partial charge on any atom is -0.505 e. The molecule has 1 heterocycles. The van der Waals surface area contributed by atoms with Crippen LogP contribution in [0.15, 0.2) is 83.9 Å². The third-order valence-electron chi connectivity index (χ3n) is 6.53. The van der Waals surface area contributed by atoms with Crippen LogP contribution in [0.2, 0.25) is 0 Å². The molecule has 5 N–H and O–H groups in total. The van der Waals surface area contributed by atoms with Gasteiger partial charge in [-0.1, -0.05) is 61.5 Å². The van der Waals surface area contributed by atoms with Crippen LogP contribution >= 0.6 is 0 Å². The average molecular weight is 556 g/mol. The molecule has 10 nitrogen and oxygen atoms in total. The van der Waals surface area contributed by atoms with Gasteiger partial charge < -0.3 is 30.9 Å². The molecule has 0 fully saturated rings. The van der Waals surface area contributed by atoms with Gasteiger partial charge >= 0.3 is 0 Å². The molecule has 0 aliphatic rings. The molecule has 0 saturated carbocycles. The zero-order valence-corrected chi connectivity index (χ0v) is 23.3. The second-order valence-electron chi connectivity index (χ2n) is 9.59. The molecule has 1 aromatic heterocycles. The Morgan fingerprint density at radius 2 is 1.54 bits per heavy atom. The number of amides is 2. The van der Waals surface area contributed by atoms with Crippen LogP contribution in [-0.2, 0) is 4.79 Å². The number of aliphatic imine (C=N–C) groups is 1.